The van der Waals surface area contributed by atoms with Crippen LogP contribution in [0.2, 0.25) is 0 Å². The van der Waals surface area contributed by atoms with Crippen molar-refractivity contribution >= 4 is 23.4 Å². The molecule has 5 heteroatoms. The molecule has 19 heavy (non-hydrogen) atoms. The third-order valence-corrected chi connectivity index (χ3v) is 3.61. The number of ether oxygens (including phenoxy) is 2. The fourth-order valence-corrected chi connectivity index (χ4v) is 2.38. The predicted octanol–water partition coefficient (Wildman–Crippen LogP) is 2.79. The number of thioether (sulfide) groups is 1. The Hall–Kier alpha value is -1.36. The summed E-state index contributed by atoms with van der Waals surface area (Å²) in [5, 5.41) is 3.20. The van der Waals surface area contributed by atoms with E-state index in [2.05, 4.69) is 12.2 Å². The predicted molar refractivity (Wildman–Crippen MR) is 80.0 cm³/mol. The van der Waals surface area contributed by atoms with Crippen molar-refractivity contribution in [3.63, 3.8) is 0 Å². The number of hydrogen-bond acceptors (Lipinski definition) is 5. The average Bonchev–Trinajstić information content (AvgIpc) is 2.46. The van der Waals surface area contributed by atoms with E-state index in [9.17, 15) is 4.79 Å². The van der Waals surface area contributed by atoms with Crippen molar-refractivity contribution in [2.45, 2.75) is 19.4 Å². The summed E-state index contributed by atoms with van der Waals surface area (Å²) in [6.45, 7) is 2.10. The molecule has 0 spiro atoms. The first-order valence-electron chi connectivity index (χ1n) is 6.28. The van der Waals surface area contributed by atoms with Gasteiger partial charge in [0, 0.05) is 0 Å². The highest BCUT2D eigenvalue weighted by molar-refractivity contribution is 7.99. The van der Waals surface area contributed by atoms with Gasteiger partial charge in [0.15, 0.2) is 0 Å². The zero-order valence-corrected chi connectivity index (χ0v) is 12.5. The van der Waals surface area contributed by atoms with Crippen LogP contribution in [0.3, 0.4) is 0 Å². The minimum atomic E-state index is -0.347. The van der Waals surface area contributed by atoms with Gasteiger partial charge in [0.2, 0.25) is 0 Å². The molecule has 0 bridgehead atoms. The summed E-state index contributed by atoms with van der Waals surface area (Å²) in [7, 11) is 3.02. The molecule has 0 radical (unpaired) electrons. The third kappa shape index (κ3) is 5.03. The largest absolute Gasteiger partial charge is 0.495 e. The fourth-order valence-electron chi connectivity index (χ4n) is 1.69. The number of anilines is 1. The topological polar surface area (TPSA) is 47.6 Å². The lowest BCUT2D eigenvalue weighted by Gasteiger charge is -2.19. The highest BCUT2D eigenvalue weighted by Gasteiger charge is 2.19. The van der Waals surface area contributed by atoms with Gasteiger partial charge in [0.25, 0.3) is 0 Å². The molecule has 106 valence electrons. The second-order valence-electron chi connectivity index (χ2n) is 3.91. The molecular weight excluding hydrogens is 262 g/mol. The van der Waals surface area contributed by atoms with Crippen LogP contribution >= 0.6 is 11.8 Å². The maximum Gasteiger partial charge on any atom is 0.328 e. The molecule has 1 aromatic rings. The molecule has 4 nitrogen and oxygen atoms in total. The highest BCUT2D eigenvalue weighted by atomic mass is 32.2. The smallest absolute Gasteiger partial charge is 0.328 e. The van der Waals surface area contributed by atoms with Crippen molar-refractivity contribution in [2.75, 3.05) is 31.0 Å². The van der Waals surface area contributed by atoms with E-state index in [1.807, 2.05) is 24.3 Å². The van der Waals surface area contributed by atoms with Crippen LogP contribution < -0.4 is 10.1 Å². The van der Waals surface area contributed by atoms with Gasteiger partial charge in [-0.1, -0.05) is 19.1 Å². The van der Waals surface area contributed by atoms with Crippen molar-refractivity contribution < 1.29 is 14.3 Å². The van der Waals surface area contributed by atoms with E-state index in [-0.39, 0.29) is 12.0 Å². The molecule has 0 aliphatic carbocycles. The Balaban J connectivity index is 2.72. The molecule has 0 heterocycles. The van der Waals surface area contributed by atoms with Crippen LogP contribution in [-0.4, -0.2) is 37.7 Å². The normalized spacial score (nSPS) is 11.7. The lowest BCUT2D eigenvalue weighted by molar-refractivity contribution is -0.141. The van der Waals surface area contributed by atoms with Crippen LogP contribution in [0.25, 0.3) is 0 Å². The van der Waals surface area contributed by atoms with Crippen molar-refractivity contribution in [2.24, 2.45) is 0 Å². The Labute approximate surface area is 118 Å². The Kier molecular flexibility index (Phi) is 7.18. The summed E-state index contributed by atoms with van der Waals surface area (Å²) < 4.78 is 10.1. The number of esters is 1. The second-order valence-corrected chi connectivity index (χ2v) is 5.30. The molecular formula is C14H21NO3S. The fraction of sp³-hybridized carbons (Fsp3) is 0.500. The standard InChI is InChI=1S/C14H21NO3S/c1-4-19-10-9-12(14(16)18-3)15-11-7-5-6-8-13(11)17-2/h5-8,12,15H,4,9-10H2,1-3H3. The van der Waals surface area contributed by atoms with Crippen molar-refractivity contribution in [1.82, 2.24) is 0 Å². The van der Waals surface area contributed by atoms with Gasteiger partial charge in [-0.05, 0) is 30.1 Å². The van der Waals surface area contributed by atoms with Gasteiger partial charge in [-0.15, -0.1) is 0 Å². The Bertz CT molecular complexity index is 398. The SMILES string of the molecule is CCSCCC(Nc1ccccc1OC)C(=O)OC. The average molecular weight is 283 g/mol. The quantitative estimate of drug-likeness (QED) is 0.587. The molecule has 1 atom stereocenters. The van der Waals surface area contributed by atoms with E-state index < -0.39 is 0 Å². The molecule has 0 saturated heterocycles. The maximum absolute atomic E-state index is 11.8. The monoisotopic (exact) mass is 283 g/mol. The maximum atomic E-state index is 11.8. The van der Waals surface area contributed by atoms with E-state index in [1.54, 1.807) is 18.9 Å². The van der Waals surface area contributed by atoms with E-state index in [4.69, 9.17) is 9.47 Å². The number of methoxy groups -OCH3 is 2. The van der Waals surface area contributed by atoms with Crippen LogP contribution in [0.4, 0.5) is 5.69 Å². The minimum Gasteiger partial charge on any atom is -0.495 e. The number of carbonyl (C=O) groups excluding carboxylic acids is 1. The molecule has 0 aliphatic rings. The van der Waals surface area contributed by atoms with E-state index in [0.29, 0.717) is 0 Å². The van der Waals surface area contributed by atoms with Crippen molar-refractivity contribution in [3.8, 4) is 5.75 Å². The Morgan fingerprint density at radius 2 is 2.11 bits per heavy atom. The van der Waals surface area contributed by atoms with Gasteiger partial charge < -0.3 is 14.8 Å². The summed E-state index contributed by atoms with van der Waals surface area (Å²) in [6, 6.07) is 7.20. The van der Waals surface area contributed by atoms with Gasteiger partial charge in [0.1, 0.15) is 11.8 Å². The first kappa shape index (κ1) is 15.7. The molecule has 1 aromatic carbocycles. The number of benzene rings is 1. The number of para-hydroxylation sites is 2. The van der Waals surface area contributed by atoms with E-state index in [1.165, 1.54) is 7.11 Å². The van der Waals surface area contributed by atoms with Gasteiger partial charge in [-0.2, -0.15) is 11.8 Å². The number of hydrogen-bond donors (Lipinski definition) is 1. The summed E-state index contributed by atoms with van der Waals surface area (Å²) in [5.74, 6) is 2.43. The zero-order chi connectivity index (χ0) is 14.1. The Morgan fingerprint density at radius 1 is 1.37 bits per heavy atom. The van der Waals surface area contributed by atoms with Crippen LogP contribution in [-0.2, 0) is 9.53 Å². The molecule has 1 rings (SSSR count). The van der Waals surface area contributed by atoms with Crippen LogP contribution in [0.15, 0.2) is 24.3 Å². The third-order valence-electron chi connectivity index (χ3n) is 2.68. The van der Waals surface area contributed by atoms with Crippen molar-refractivity contribution in [3.05, 3.63) is 24.3 Å². The first-order valence-corrected chi connectivity index (χ1v) is 7.43. The lowest BCUT2D eigenvalue weighted by Crippen LogP contribution is -2.31. The van der Waals surface area contributed by atoms with Crippen LogP contribution in [0, 0.1) is 0 Å². The first-order chi connectivity index (χ1) is 9.22. The highest BCUT2D eigenvalue weighted by Crippen LogP contribution is 2.24. The summed E-state index contributed by atoms with van der Waals surface area (Å²) >= 11 is 1.81. The summed E-state index contributed by atoms with van der Waals surface area (Å²) in [5.41, 5.74) is 0.807. The molecule has 0 aromatic heterocycles. The zero-order valence-electron chi connectivity index (χ0n) is 11.6. The van der Waals surface area contributed by atoms with Crippen molar-refractivity contribution in [1.29, 1.82) is 0 Å². The van der Waals surface area contributed by atoms with Gasteiger partial charge in [-0.25, -0.2) is 4.79 Å². The minimum absolute atomic E-state index is 0.248. The van der Waals surface area contributed by atoms with E-state index >= 15 is 0 Å². The molecule has 0 aliphatic heterocycles. The second kappa shape index (κ2) is 8.69. The van der Waals surface area contributed by atoms with Crippen LogP contribution in [0.5, 0.6) is 5.75 Å². The number of rotatable bonds is 8. The van der Waals surface area contributed by atoms with Crippen LogP contribution in [0.1, 0.15) is 13.3 Å². The Morgan fingerprint density at radius 3 is 2.74 bits per heavy atom. The molecule has 1 unspecified atom stereocenters. The molecule has 0 saturated carbocycles. The number of carbonyl (C=O) groups is 1. The number of nitrogens with one attached hydrogen (secondary N) is 1. The van der Waals surface area contributed by atoms with Gasteiger partial charge >= 0.3 is 5.97 Å². The van der Waals surface area contributed by atoms with Gasteiger partial charge in [-0.3, -0.25) is 0 Å². The lowest BCUT2D eigenvalue weighted by atomic mass is 10.2. The van der Waals surface area contributed by atoms with E-state index in [0.717, 1.165) is 29.4 Å². The summed E-state index contributed by atoms with van der Waals surface area (Å²) in [6.07, 6.45) is 0.725. The van der Waals surface area contributed by atoms with Gasteiger partial charge in [0.05, 0.1) is 19.9 Å². The molecule has 1 N–H and O–H groups in total. The molecule has 0 amide bonds. The molecule has 0 fully saturated rings. The summed E-state index contributed by atoms with van der Waals surface area (Å²) in [4.78, 5) is 11.8.